The molecule has 0 spiro atoms. The first-order chi connectivity index (χ1) is 13.4. The monoisotopic (exact) mass is 418 g/mol. The fraction of sp³-hybridized carbons (Fsp3) is 0.381. The minimum absolute atomic E-state index is 0.0788. The van der Waals surface area contributed by atoms with Crippen molar-refractivity contribution in [3.05, 3.63) is 58.6 Å². The summed E-state index contributed by atoms with van der Waals surface area (Å²) in [4.78, 5) is 11.8. The standard InChI is InChI=1S/C21H23ClN2O3S/c22-18-13-16-9-10-21(25)23-19(16)14-20(18)28(26,27)24-11-5-4-8-17(24)12-15-6-2-1-3-7-15/h1-3,6-7,13-14,17H,4-5,8-12H2,(H,23,25). The molecule has 2 aliphatic heterocycles. The summed E-state index contributed by atoms with van der Waals surface area (Å²) in [5, 5.41) is 2.99. The fourth-order valence-corrected chi connectivity index (χ4v) is 6.33. The van der Waals surface area contributed by atoms with E-state index in [9.17, 15) is 13.2 Å². The molecule has 2 aromatic carbocycles. The highest BCUT2D eigenvalue weighted by molar-refractivity contribution is 7.89. The highest BCUT2D eigenvalue weighted by Gasteiger charge is 2.35. The smallest absolute Gasteiger partial charge is 0.244 e. The minimum Gasteiger partial charge on any atom is -0.326 e. The van der Waals surface area contributed by atoms with Crippen molar-refractivity contribution in [2.75, 3.05) is 11.9 Å². The SMILES string of the molecule is O=C1CCc2cc(Cl)c(S(=O)(=O)N3CCCCC3Cc3ccccc3)cc2N1. The van der Waals surface area contributed by atoms with Crippen molar-refractivity contribution in [3.63, 3.8) is 0 Å². The largest absolute Gasteiger partial charge is 0.326 e. The van der Waals surface area contributed by atoms with Gasteiger partial charge in [0.25, 0.3) is 0 Å². The molecule has 5 nitrogen and oxygen atoms in total. The highest BCUT2D eigenvalue weighted by atomic mass is 35.5. The third-order valence-electron chi connectivity index (χ3n) is 5.53. The van der Waals surface area contributed by atoms with E-state index in [1.807, 2.05) is 30.3 Å². The van der Waals surface area contributed by atoms with Gasteiger partial charge in [-0.1, -0.05) is 48.4 Å². The van der Waals surface area contributed by atoms with Crippen LogP contribution in [0.15, 0.2) is 47.4 Å². The number of rotatable bonds is 4. The van der Waals surface area contributed by atoms with E-state index in [0.29, 0.717) is 31.5 Å². The highest BCUT2D eigenvalue weighted by Crippen LogP contribution is 2.35. The van der Waals surface area contributed by atoms with Crippen LogP contribution in [0.5, 0.6) is 0 Å². The molecule has 2 aliphatic rings. The summed E-state index contributed by atoms with van der Waals surface area (Å²) < 4.78 is 28.6. The number of anilines is 1. The van der Waals surface area contributed by atoms with Crippen LogP contribution in [0.3, 0.4) is 0 Å². The van der Waals surface area contributed by atoms with Crippen LogP contribution >= 0.6 is 11.6 Å². The molecule has 1 unspecified atom stereocenters. The normalized spacial score (nSPS) is 20.5. The van der Waals surface area contributed by atoms with Gasteiger partial charge in [-0.15, -0.1) is 0 Å². The van der Waals surface area contributed by atoms with Gasteiger partial charge in [0.05, 0.1) is 5.02 Å². The van der Waals surface area contributed by atoms with Gasteiger partial charge in [0, 0.05) is 24.7 Å². The number of benzene rings is 2. The van der Waals surface area contributed by atoms with Crippen molar-refractivity contribution in [1.82, 2.24) is 4.31 Å². The Bertz CT molecular complexity index is 992. The molecule has 1 fully saturated rings. The predicted molar refractivity (Wildman–Crippen MR) is 110 cm³/mol. The molecule has 2 aromatic rings. The number of fused-ring (bicyclic) bond motifs is 1. The van der Waals surface area contributed by atoms with Gasteiger partial charge in [-0.3, -0.25) is 4.79 Å². The average molecular weight is 419 g/mol. The molecule has 0 saturated carbocycles. The summed E-state index contributed by atoms with van der Waals surface area (Å²) in [7, 11) is -3.76. The lowest BCUT2D eigenvalue weighted by atomic mass is 9.98. The van der Waals surface area contributed by atoms with Gasteiger partial charge in [0.1, 0.15) is 4.90 Å². The molecule has 0 bridgehead atoms. The first-order valence-corrected chi connectivity index (χ1v) is 11.4. The Morgan fingerprint density at radius 1 is 1.11 bits per heavy atom. The minimum atomic E-state index is -3.76. The summed E-state index contributed by atoms with van der Waals surface area (Å²) in [5.74, 6) is -0.0990. The van der Waals surface area contributed by atoms with E-state index < -0.39 is 10.0 Å². The maximum absolute atomic E-state index is 13.5. The number of aryl methyl sites for hydroxylation is 1. The molecule has 2 heterocycles. The zero-order valence-electron chi connectivity index (χ0n) is 15.5. The van der Waals surface area contributed by atoms with E-state index in [1.54, 1.807) is 10.4 Å². The molecule has 1 N–H and O–H groups in total. The van der Waals surface area contributed by atoms with Crippen molar-refractivity contribution < 1.29 is 13.2 Å². The van der Waals surface area contributed by atoms with Gasteiger partial charge in [0.15, 0.2) is 0 Å². The molecular formula is C21H23ClN2O3S. The zero-order valence-corrected chi connectivity index (χ0v) is 17.1. The average Bonchev–Trinajstić information content (AvgIpc) is 2.69. The quantitative estimate of drug-likeness (QED) is 0.815. The molecular weight excluding hydrogens is 396 g/mol. The molecule has 0 aliphatic carbocycles. The number of sulfonamides is 1. The second kappa shape index (κ2) is 7.85. The lowest BCUT2D eigenvalue weighted by Gasteiger charge is -2.35. The first-order valence-electron chi connectivity index (χ1n) is 9.63. The van der Waals surface area contributed by atoms with Crippen molar-refractivity contribution >= 4 is 33.2 Å². The van der Waals surface area contributed by atoms with E-state index in [-0.39, 0.29) is 21.9 Å². The van der Waals surface area contributed by atoms with Crippen LogP contribution in [0.1, 0.15) is 36.8 Å². The number of piperidine rings is 1. The zero-order chi connectivity index (χ0) is 19.7. The molecule has 28 heavy (non-hydrogen) atoms. The Kier molecular flexibility index (Phi) is 5.45. The van der Waals surface area contributed by atoms with Crippen LogP contribution in [-0.4, -0.2) is 31.2 Å². The molecule has 7 heteroatoms. The van der Waals surface area contributed by atoms with E-state index in [0.717, 1.165) is 30.4 Å². The number of hydrogen-bond donors (Lipinski definition) is 1. The lowest BCUT2D eigenvalue weighted by Crippen LogP contribution is -2.44. The summed E-state index contributed by atoms with van der Waals surface area (Å²) in [5.41, 5.74) is 2.55. The van der Waals surface area contributed by atoms with Crippen molar-refractivity contribution in [2.24, 2.45) is 0 Å². The van der Waals surface area contributed by atoms with E-state index in [2.05, 4.69) is 5.32 Å². The van der Waals surface area contributed by atoms with Crippen LogP contribution < -0.4 is 5.32 Å². The number of nitrogens with one attached hydrogen (secondary N) is 1. The van der Waals surface area contributed by atoms with Crippen LogP contribution in [0.4, 0.5) is 5.69 Å². The number of carbonyl (C=O) groups excluding carboxylic acids is 1. The number of amides is 1. The Labute approximate surface area is 170 Å². The number of carbonyl (C=O) groups is 1. The van der Waals surface area contributed by atoms with Gasteiger partial charge < -0.3 is 5.32 Å². The van der Waals surface area contributed by atoms with Gasteiger partial charge in [0.2, 0.25) is 15.9 Å². The second-order valence-electron chi connectivity index (χ2n) is 7.44. The molecule has 0 aromatic heterocycles. The maximum Gasteiger partial charge on any atom is 0.244 e. The van der Waals surface area contributed by atoms with Crippen molar-refractivity contribution in [2.45, 2.75) is 49.5 Å². The van der Waals surface area contributed by atoms with Crippen LogP contribution in [-0.2, 0) is 27.7 Å². The van der Waals surface area contributed by atoms with E-state index >= 15 is 0 Å². The van der Waals surface area contributed by atoms with E-state index in [1.165, 1.54) is 6.07 Å². The van der Waals surface area contributed by atoms with Gasteiger partial charge >= 0.3 is 0 Å². The molecule has 1 atom stereocenters. The van der Waals surface area contributed by atoms with Crippen molar-refractivity contribution in [3.8, 4) is 0 Å². The fourth-order valence-electron chi connectivity index (χ4n) is 4.08. The Balaban J connectivity index is 1.68. The van der Waals surface area contributed by atoms with E-state index in [4.69, 9.17) is 11.6 Å². The number of halogens is 1. The third kappa shape index (κ3) is 3.81. The van der Waals surface area contributed by atoms with Gasteiger partial charge in [-0.2, -0.15) is 4.31 Å². The Hall–Kier alpha value is -1.89. The van der Waals surface area contributed by atoms with Crippen LogP contribution in [0.2, 0.25) is 5.02 Å². The number of hydrogen-bond acceptors (Lipinski definition) is 3. The summed E-state index contributed by atoms with van der Waals surface area (Å²) >= 11 is 6.39. The van der Waals surface area contributed by atoms with Gasteiger partial charge in [-0.25, -0.2) is 8.42 Å². The van der Waals surface area contributed by atoms with Gasteiger partial charge in [-0.05, 0) is 48.9 Å². The lowest BCUT2D eigenvalue weighted by molar-refractivity contribution is -0.116. The molecule has 148 valence electrons. The molecule has 0 radical (unpaired) electrons. The first kappa shape index (κ1) is 19.4. The maximum atomic E-state index is 13.5. The second-order valence-corrected chi connectivity index (χ2v) is 9.71. The Morgan fingerprint density at radius 2 is 1.89 bits per heavy atom. The molecule has 1 amide bonds. The van der Waals surface area contributed by atoms with Crippen LogP contribution in [0.25, 0.3) is 0 Å². The summed E-state index contributed by atoms with van der Waals surface area (Å²) in [6.07, 6.45) is 4.32. The van der Waals surface area contributed by atoms with Crippen molar-refractivity contribution in [1.29, 1.82) is 0 Å². The summed E-state index contributed by atoms with van der Waals surface area (Å²) in [6, 6.07) is 13.1. The number of nitrogens with zero attached hydrogens (tertiary/aromatic N) is 1. The molecule has 1 saturated heterocycles. The van der Waals surface area contributed by atoms with Crippen LogP contribution in [0, 0.1) is 0 Å². The third-order valence-corrected chi connectivity index (χ3v) is 7.94. The predicted octanol–water partition coefficient (Wildman–Crippen LogP) is 4.01. The summed E-state index contributed by atoms with van der Waals surface area (Å²) in [6.45, 7) is 0.486. The molecule has 4 rings (SSSR count). The topological polar surface area (TPSA) is 66.5 Å². The Morgan fingerprint density at radius 3 is 2.68 bits per heavy atom.